The number of aliphatic carboxylic acids is 1. The Hall–Kier alpha value is -6.44. The zero-order valence-corrected chi connectivity index (χ0v) is 25.6. The van der Waals surface area contributed by atoms with E-state index in [1.807, 2.05) is 42.5 Å². The fourth-order valence-electron chi connectivity index (χ4n) is 4.89. The van der Waals surface area contributed by atoms with Gasteiger partial charge in [0, 0.05) is 16.9 Å². The highest BCUT2D eigenvalue weighted by Gasteiger charge is 2.33. The number of hydrazone groups is 2. The molecule has 0 atom stereocenters. The van der Waals surface area contributed by atoms with Gasteiger partial charge in [0.15, 0.2) is 11.5 Å². The number of carboxylic acid groups (broad SMARTS) is 1. The maximum absolute atomic E-state index is 13.4. The van der Waals surface area contributed by atoms with Crippen LogP contribution in [0.4, 0.5) is 22.7 Å². The molecule has 238 valence electrons. The molecule has 6 rings (SSSR count). The number of hydrogen-bond acceptors (Lipinski definition) is 10. The van der Waals surface area contributed by atoms with E-state index in [9.17, 15) is 27.4 Å². The Balaban J connectivity index is 1.15. The number of hydrogen-bond donors (Lipinski definition) is 5. The Bertz CT molecular complexity index is 2220. The quantitative estimate of drug-likeness (QED) is 0.0626. The van der Waals surface area contributed by atoms with Crippen LogP contribution in [0.5, 0.6) is 0 Å². The Morgan fingerprint density at radius 3 is 1.90 bits per heavy atom. The molecule has 0 radical (unpaired) electrons. The summed E-state index contributed by atoms with van der Waals surface area (Å²) in [6.45, 7) is 0. The van der Waals surface area contributed by atoms with Crippen molar-refractivity contribution in [3.8, 4) is 11.1 Å². The molecule has 0 spiro atoms. The van der Waals surface area contributed by atoms with E-state index < -0.39 is 38.3 Å². The highest BCUT2D eigenvalue weighted by molar-refractivity contribution is 7.91. The molecule has 2 aliphatic rings. The van der Waals surface area contributed by atoms with Gasteiger partial charge in [-0.15, -0.1) is 0 Å². The van der Waals surface area contributed by atoms with E-state index in [1.54, 1.807) is 54.6 Å². The van der Waals surface area contributed by atoms with E-state index in [2.05, 4.69) is 26.4 Å². The number of nitrogens with zero attached hydrogens (tertiary/aromatic N) is 2. The summed E-state index contributed by atoms with van der Waals surface area (Å²) in [6.07, 6.45) is 4.97. The number of fused-ring (bicyclic) bond motifs is 1. The molecule has 0 aliphatic heterocycles. The van der Waals surface area contributed by atoms with Gasteiger partial charge in [-0.3, -0.25) is 25.0 Å². The smallest absolute Gasteiger partial charge is 0.339 e. The fraction of sp³-hybridized carbons (Fsp3) is 0. The van der Waals surface area contributed by atoms with Gasteiger partial charge in [0.2, 0.25) is 5.78 Å². The molecule has 13 heteroatoms. The molecule has 48 heavy (non-hydrogen) atoms. The Morgan fingerprint density at radius 2 is 1.29 bits per heavy atom. The third-order valence-electron chi connectivity index (χ3n) is 7.28. The molecule has 0 aromatic heterocycles. The van der Waals surface area contributed by atoms with Crippen LogP contribution in [-0.2, 0) is 19.7 Å². The summed E-state index contributed by atoms with van der Waals surface area (Å²) in [7, 11) is -4.80. The van der Waals surface area contributed by atoms with Crippen molar-refractivity contribution >= 4 is 67.9 Å². The number of nitrogens with one attached hydrogen (secondary N) is 3. The molecular formula is C35H25N5O7S. The van der Waals surface area contributed by atoms with E-state index >= 15 is 0 Å². The van der Waals surface area contributed by atoms with Crippen LogP contribution in [0.15, 0.2) is 136 Å². The van der Waals surface area contributed by atoms with Crippen molar-refractivity contribution in [2.24, 2.45) is 10.2 Å². The molecule has 2 aliphatic carbocycles. The number of carboxylic acids is 1. The fourth-order valence-corrected chi connectivity index (χ4v) is 5.54. The predicted octanol–water partition coefficient (Wildman–Crippen LogP) is 5.91. The van der Waals surface area contributed by atoms with Gasteiger partial charge in [-0.2, -0.15) is 18.6 Å². The molecule has 5 N–H and O–H groups in total. The summed E-state index contributed by atoms with van der Waals surface area (Å²) in [5.74, 6) is -2.59. The number of carbonyl (C=O) groups is 3. The first-order valence-electron chi connectivity index (χ1n) is 14.3. The van der Waals surface area contributed by atoms with E-state index in [1.165, 1.54) is 18.2 Å². The number of ketones is 2. The summed E-state index contributed by atoms with van der Waals surface area (Å²) in [6, 6.07) is 28.4. The lowest BCUT2D eigenvalue weighted by Gasteiger charge is -2.17. The minimum atomic E-state index is -4.80. The van der Waals surface area contributed by atoms with Gasteiger partial charge in [0.25, 0.3) is 10.1 Å². The molecule has 0 saturated heterocycles. The molecule has 12 nitrogen and oxygen atoms in total. The summed E-state index contributed by atoms with van der Waals surface area (Å²) in [5.41, 5.74) is 9.78. The van der Waals surface area contributed by atoms with Gasteiger partial charge in [-0.1, -0.05) is 42.5 Å². The molecule has 4 aromatic rings. The lowest BCUT2D eigenvalue weighted by atomic mass is 9.94. The monoisotopic (exact) mass is 659 g/mol. The molecule has 0 amide bonds. The topological polar surface area (TPSA) is 187 Å². The van der Waals surface area contributed by atoms with Crippen LogP contribution < -0.4 is 16.2 Å². The van der Waals surface area contributed by atoms with E-state index in [-0.39, 0.29) is 16.8 Å². The van der Waals surface area contributed by atoms with Gasteiger partial charge in [0.1, 0.15) is 10.5 Å². The number of carbonyl (C=O) groups excluding carboxylic acids is 2. The maximum Gasteiger partial charge on any atom is 0.339 e. The Morgan fingerprint density at radius 1 is 0.688 bits per heavy atom. The van der Waals surface area contributed by atoms with Crippen LogP contribution in [-0.4, -0.2) is 47.0 Å². The first-order chi connectivity index (χ1) is 23.0. The largest absolute Gasteiger partial charge is 0.478 e. The van der Waals surface area contributed by atoms with E-state index in [4.69, 9.17) is 5.11 Å². The van der Waals surface area contributed by atoms with Gasteiger partial charge in [-0.25, -0.2) is 4.79 Å². The normalized spacial score (nSPS) is 15.9. The lowest BCUT2D eigenvalue weighted by molar-refractivity contribution is -0.134. The molecule has 4 aromatic carbocycles. The number of para-hydroxylation sites is 1. The number of rotatable bonds is 9. The van der Waals surface area contributed by atoms with Gasteiger partial charge >= 0.3 is 5.97 Å². The van der Waals surface area contributed by atoms with Crippen LogP contribution in [0, 0.1) is 0 Å². The van der Waals surface area contributed by atoms with Crippen LogP contribution in [0.2, 0.25) is 0 Å². The summed E-state index contributed by atoms with van der Waals surface area (Å²) in [4.78, 5) is 35.6. The molecule has 0 saturated carbocycles. The third-order valence-corrected chi connectivity index (χ3v) is 8.15. The summed E-state index contributed by atoms with van der Waals surface area (Å²) in [5, 5.41) is 20.5. The van der Waals surface area contributed by atoms with Gasteiger partial charge in [-0.05, 0) is 95.6 Å². The minimum absolute atomic E-state index is 0.230. The molecule has 0 fully saturated rings. The van der Waals surface area contributed by atoms with Gasteiger partial charge < -0.3 is 10.4 Å². The lowest BCUT2D eigenvalue weighted by Crippen LogP contribution is -2.27. The second kappa shape index (κ2) is 13.1. The number of Topliss-reactive ketones (excluding diaryl/α,β-unsaturated/α-hetero) is 1. The second-order valence-electron chi connectivity index (χ2n) is 10.5. The van der Waals surface area contributed by atoms with Crippen LogP contribution in [0.25, 0.3) is 17.2 Å². The highest BCUT2D eigenvalue weighted by Crippen LogP contribution is 2.30. The van der Waals surface area contributed by atoms with Crippen molar-refractivity contribution in [3.63, 3.8) is 0 Å². The average molecular weight is 660 g/mol. The van der Waals surface area contributed by atoms with Crippen molar-refractivity contribution in [1.82, 2.24) is 0 Å². The first-order valence-corrected chi connectivity index (χ1v) is 15.7. The summed E-state index contributed by atoms with van der Waals surface area (Å²) >= 11 is 0. The Kier molecular flexibility index (Phi) is 8.62. The van der Waals surface area contributed by atoms with Crippen molar-refractivity contribution in [3.05, 3.63) is 137 Å². The third kappa shape index (κ3) is 7.02. The van der Waals surface area contributed by atoms with Crippen LogP contribution in [0.1, 0.15) is 15.9 Å². The van der Waals surface area contributed by atoms with Crippen molar-refractivity contribution in [1.29, 1.82) is 0 Å². The van der Waals surface area contributed by atoms with Crippen LogP contribution >= 0.6 is 0 Å². The Labute approximate surface area is 274 Å². The van der Waals surface area contributed by atoms with E-state index in [0.29, 0.717) is 22.6 Å². The predicted molar refractivity (Wildman–Crippen MR) is 184 cm³/mol. The van der Waals surface area contributed by atoms with Crippen molar-refractivity contribution in [2.45, 2.75) is 0 Å². The average Bonchev–Trinajstić information content (AvgIpc) is 3.08. The molecular weight excluding hydrogens is 634 g/mol. The summed E-state index contributed by atoms with van der Waals surface area (Å²) < 4.78 is 34.5. The van der Waals surface area contributed by atoms with Crippen molar-refractivity contribution < 1.29 is 32.5 Å². The number of benzene rings is 4. The maximum atomic E-state index is 13.4. The highest BCUT2D eigenvalue weighted by atomic mass is 32.2. The number of allylic oxidation sites excluding steroid dienone is 4. The molecule has 0 unspecified atom stereocenters. The molecule has 0 heterocycles. The first kappa shape index (κ1) is 31.5. The SMILES string of the molecule is O=C(O)C1=CC(=NNc2ccc(-c3ccc(NN=C4C(=O)c5ccc(Nc6ccccc6)cc5C=C4S(=O)(=O)O)cc3)cc2)C=CC1=O. The number of anilines is 4. The van der Waals surface area contributed by atoms with Crippen LogP contribution in [0.3, 0.4) is 0 Å². The van der Waals surface area contributed by atoms with Gasteiger partial charge in [0.05, 0.1) is 17.1 Å². The van der Waals surface area contributed by atoms with Crippen molar-refractivity contribution in [2.75, 3.05) is 16.2 Å². The standard InChI is InChI=1S/C35H25N5O7S/c41-31-17-15-28(20-30(31)35(43)44)39-37-25-10-6-21(7-11-25)22-8-12-26(13-9-22)38-40-33-32(48(45,46)47)19-23-18-27(14-16-29(23)34(33)42)36-24-4-2-1-3-5-24/h1-20,36-38H,(H,43,44)(H,45,46,47). The second-order valence-corrected chi connectivity index (χ2v) is 11.9. The van der Waals surface area contributed by atoms with E-state index in [0.717, 1.165) is 22.9 Å². The zero-order chi connectivity index (χ0) is 33.8. The molecule has 0 bridgehead atoms. The minimum Gasteiger partial charge on any atom is -0.478 e. The zero-order valence-electron chi connectivity index (χ0n) is 24.8.